The van der Waals surface area contributed by atoms with Gasteiger partial charge in [0.1, 0.15) is 10.8 Å². The molecule has 1 aliphatic rings. The lowest BCUT2D eigenvalue weighted by Gasteiger charge is -2.04. The quantitative estimate of drug-likeness (QED) is 0.665. The molecule has 2 aromatic carbocycles. The highest BCUT2D eigenvalue weighted by molar-refractivity contribution is 8.14. The van der Waals surface area contributed by atoms with E-state index in [0.717, 1.165) is 5.69 Å². The number of carbonyl (C=O) groups excluding carboxylic acids is 1. The fourth-order valence-corrected chi connectivity index (χ4v) is 2.88. The monoisotopic (exact) mass is 295 g/mol. The molecule has 0 saturated carbocycles. The molecule has 1 aliphatic carbocycles. The smallest absolute Gasteiger partial charge is 0.200 e. The summed E-state index contributed by atoms with van der Waals surface area (Å²) < 4.78 is 0. The Morgan fingerprint density at radius 2 is 1.62 bits per heavy atom. The summed E-state index contributed by atoms with van der Waals surface area (Å²) in [4.78, 5) is 17.0. The number of nitrogens with zero attached hydrogens (tertiary/aromatic N) is 1. The molecule has 0 aliphatic heterocycles. The molecule has 0 unspecified atom stereocenters. The maximum absolute atomic E-state index is 12.5. The van der Waals surface area contributed by atoms with Gasteiger partial charge in [-0.3, -0.25) is 4.79 Å². The second-order valence-corrected chi connectivity index (χ2v) is 5.35. The number of ketones is 1. The van der Waals surface area contributed by atoms with Crippen molar-refractivity contribution in [2.45, 2.75) is 0 Å². The Morgan fingerprint density at radius 3 is 2.24 bits per heavy atom. The first-order valence-electron chi connectivity index (χ1n) is 6.48. The van der Waals surface area contributed by atoms with E-state index in [-0.39, 0.29) is 17.1 Å². The largest absolute Gasteiger partial charge is 0.506 e. The van der Waals surface area contributed by atoms with Gasteiger partial charge in [0, 0.05) is 11.1 Å². The average Bonchev–Trinajstić information content (AvgIpc) is 2.78. The van der Waals surface area contributed by atoms with Crippen LogP contribution in [0.4, 0.5) is 5.69 Å². The van der Waals surface area contributed by atoms with Gasteiger partial charge in [-0.15, -0.1) is 11.8 Å². The van der Waals surface area contributed by atoms with Crippen molar-refractivity contribution in [2.75, 3.05) is 6.26 Å². The van der Waals surface area contributed by atoms with E-state index in [9.17, 15) is 9.90 Å². The van der Waals surface area contributed by atoms with E-state index in [1.807, 2.05) is 36.6 Å². The Labute approximate surface area is 127 Å². The van der Waals surface area contributed by atoms with Crippen LogP contribution < -0.4 is 0 Å². The minimum absolute atomic E-state index is 0.0135. The predicted molar refractivity (Wildman–Crippen MR) is 87.4 cm³/mol. The van der Waals surface area contributed by atoms with Crippen LogP contribution in [-0.2, 0) is 0 Å². The molecule has 1 N–H and O–H groups in total. The van der Waals surface area contributed by atoms with Crippen molar-refractivity contribution in [3.05, 3.63) is 71.3 Å². The van der Waals surface area contributed by atoms with Gasteiger partial charge in [0.05, 0.1) is 11.3 Å². The average molecular weight is 295 g/mol. The summed E-state index contributed by atoms with van der Waals surface area (Å²) in [5, 5.41) is 10.9. The van der Waals surface area contributed by atoms with Gasteiger partial charge in [0.15, 0.2) is 5.78 Å². The highest BCUT2D eigenvalue weighted by atomic mass is 32.2. The maximum atomic E-state index is 12.5. The lowest BCUT2D eigenvalue weighted by molar-refractivity contribution is 0.104. The zero-order valence-corrected chi connectivity index (χ0v) is 12.2. The zero-order chi connectivity index (χ0) is 14.8. The fourth-order valence-electron chi connectivity index (χ4n) is 2.29. The summed E-state index contributed by atoms with van der Waals surface area (Å²) in [5.41, 5.74) is 2.14. The molecule has 2 aromatic rings. The van der Waals surface area contributed by atoms with Crippen molar-refractivity contribution in [3.63, 3.8) is 0 Å². The number of para-hydroxylation sites is 1. The number of carbonyl (C=O) groups is 1. The van der Waals surface area contributed by atoms with Gasteiger partial charge >= 0.3 is 0 Å². The summed E-state index contributed by atoms with van der Waals surface area (Å²) >= 11 is 1.35. The van der Waals surface area contributed by atoms with E-state index in [1.165, 1.54) is 11.8 Å². The van der Waals surface area contributed by atoms with Crippen LogP contribution in [0.25, 0.3) is 5.76 Å². The first-order chi connectivity index (χ1) is 10.2. The molecule has 0 spiro atoms. The number of Topliss-reactive ketones (excluding diaryl/α,β-unsaturated/α-hetero) is 1. The second-order valence-electron chi connectivity index (χ2n) is 4.55. The molecule has 0 radical (unpaired) electrons. The van der Waals surface area contributed by atoms with E-state index in [0.29, 0.717) is 16.2 Å². The van der Waals surface area contributed by atoms with Gasteiger partial charge in [-0.1, -0.05) is 42.5 Å². The minimum atomic E-state index is -0.174. The Balaban J connectivity index is 2.10. The van der Waals surface area contributed by atoms with Crippen LogP contribution in [0, 0.1) is 0 Å². The van der Waals surface area contributed by atoms with Crippen LogP contribution in [-0.4, -0.2) is 22.2 Å². The number of fused-ring (bicyclic) bond motifs is 1. The third-order valence-corrected chi connectivity index (χ3v) is 3.97. The molecule has 0 saturated heterocycles. The van der Waals surface area contributed by atoms with Gasteiger partial charge in [-0.25, -0.2) is 4.99 Å². The molecule has 21 heavy (non-hydrogen) atoms. The predicted octanol–water partition coefficient (Wildman–Crippen LogP) is 4.25. The molecule has 0 aromatic heterocycles. The molecule has 4 heteroatoms. The van der Waals surface area contributed by atoms with Crippen molar-refractivity contribution in [3.8, 4) is 0 Å². The van der Waals surface area contributed by atoms with Crippen LogP contribution in [0.15, 0.2) is 65.2 Å². The lowest BCUT2D eigenvalue weighted by atomic mass is 10.1. The first-order valence-corrected chi connectivity index (χ1v) is 7.70. The summed E-state index contributed by atoms with van der Waals surface area (Å²) in [5.74, 6) is -0.160. The molecule has 0 amide bonds. The van der Waals surface area contributed by atoms with E-state index in [4.69, 9.17) is 0 Å². The number of rotatable bonds is 2. The second kappa shape index (κ2) is 5.58. The minimum Gasteiger partial charge on any atom is -0.506 e. The van der Waals surface area contributed by atoms with Gasteiger partial charge in [0.25, 0.3) is 0 Å². The van der Waals surface area contributed by atoms with Crippen LogP contribution in [0.1, 0.15) is 15.9 Å². The Kier molecular flexibility index (Phi) is 3.62. The molecule has 3 rings (SSSR count). The Hall–Kier alpha value is -2.33. The molecular weight excluding hydrogens is 282 g/mol. The van der Waals surface area contributed by atoms with Crippen LogP contribution in [0.2, 0.25) is 0 Å². The van der Waals surface area contributed by atoms with E-state index >= 15 is 0 Å². The highest BCUT2D eigenvalue weighted by Gasteiger charge is 2.32. The molecule has 104 valence electrons. The maximum Gasteiger partial charge on any atom is 0.200 e. The summed E-state index contributed by atoms with van der Waals surface area (Å²) in [6, 6.07) is 16.5. The zero-order valence-electron chi connectivity index (χ0n) is 11.4. The van der Waals surface area contributed by atoms with Gasteiger partial charge in [-0.2, -0.15) is 0 Å². The van der Waals surface area contributed by atoms with Crippen LogP contribution in [0.5, 0.6) is 0 Å². The number of aliphatic hydroxyl groups excluding tert-OH is 1. The number of thioether (sulfide) groups is 1. The third-order valence-electron chi connectivity index (χ3n) is 3.28. The number of hydrogen-bond donors (Lipinski definition) is 1. The van der Waals surface area contributed by atoms with Crippen LogP contribution >= 0.6 is 11.8 Å². The highest BCUT2D eigenvalue weighted by Crippen LogP contribution is 2.34. The molecule has 0 atom stereocenters. The number of benzene rings is 2. The molecular formula is C17H13NO2S. The fraction of sp³-hybridized carbons (Fsp3) is 0.0588. The summed E-state index contributed by atoms with van der Waals surface area (Å²) in [6.07, 6.45) is 1.85. The molecule has 0 fully saturated rings. The van der Waals surface area contributed by atoms with Crippen LogP contribution in [0.3, 0.4) is 0 Å². The van der Waals surface area contributed by atoms with Crippen molar-refractivity contribution in [1.29, 1.82) is 0 Å². The SMILES string of the molecule is CSC(=Nc1ccccc1)C1=C(O)c2ccccc2C1=O. The molecule has 0 heterocycles. The first kappa shape index (κ1) is 13.6. The van der Waals surface area contributed by atoms with Gasteiger partial charge in [-0.05, 0) is 18.4 Å². The number of aliphatic imine (C=N–C) groups is 1. The summed E-state index contributed by atoms with van der Waals surface area (Å²) in [7, 11) is 0. The normalized spacial score (nSPS) is 14.5. The van der Waals surface area contributed by atoms with Crippen molar-refractivity contribution >= 4 is 34.0 Å². The lowest BCUT2D eigenvalue weighted by Crippen LogP contribution is -2.07. The number of hydrogen-bond acceptors (Lipinski definition) is 4. The topological polar surface area (TPSA) is 49.7 Å². The Morgan fingerprint density at radius 1 is 1.00 bits per heavy atom. The van der Waals surface area contributed by atoms with E-state index in [2.05, 4.69) is 4.99 Å². The van der Waals surface area contributed by atoms with Crippen molar-refractivity contribution in [1.82, 2.24) is 0 Å². The molecule has 3 nitrogen and oxygen atoms in total. The molecule has 0 bridgehead atoms. The van der Waals surface area contributed by atoms with E-state index in [1.54, 1.807) is 24.3 Å². The summed E-state index contributed by atoms with van der Waals surface area (Å²) in [6.45, 7) is 0. The van der Waals surface area contributed by atoms with E-state index < -0.39 is 0 Å². The van der Waals surface area contributed by atoms with Crippen molar-refractivity contribution in [2.24, 2.45) is 4.99 Å². The third kappa shape index (κ3) is 2.38. The standard InChI is InChI=1S/C17H13NO2S/c1-21-17(18-11-7-3-2-4-8-11)14-15(19)12-9-5-6-10-13(12)16(14)20/h2-10,19H,1H3. The van der Waals surface area contributed by atoms with Gasteiger partial charge in [0.2, 0.25) is 0 Å². The number of aliphatic hydroxyl groups is 1. The van der Waals surface area contributed by atoms with Gasteiger partial charge < -0.3 is 5.11 Å². The Bertz CT molecular complexity index is 763. The van der Waals surface area contributed by atoms with Crippen molar-refractivity contribution < 1.29 is 9.90 Å².